The van der Waals surface area contributed by atoms with Gasteiger partial charge in [0.25, 0.3) is 0 Å². The SMILES string of the molecule is CC1C(OC2CC=CC(=N)N2C)=CCC(OC2C=CCC(CC(=O)O)C2)C1C(F)(F)F. The summed E-state index contributed by atoms with van der Waals surface area (Å²) in [6.45, 7) is 1.49. The van der Waals surface area contributed by atoms with Crippen molar-refractivity contribution in [1.82, 2.24) is 4.90 Å². The lowest BCUT2D eigenvalue weighted by molar-refractivity contribution is -0.229. The largest absolute Gasteiger partial charge is 0.481 e. The van der Waals surface area contributed by atoms with E-state index >= 15 is 0 Å². The van der Waals surface area contributed by atoms with E-state index in [4.69, 9.17) is 20.0 Å². The highest BCUT2D eigenvalue weighted by molar-refractivity contribution is 5.90. The minimum absolute atomic E-state index is 0.0236. The van der Waals surface area contributed by atoms with E-state index in [9.17, 15) is 18.0 Å². The number of nitrogens with one attached hydrogen (secondary N) is 1. The average Bonchev–Trinajstić information content (AvgIpc) is 2.66. The van der Waals surface area contributed by atoms with Crippen LogP contribution in [0.4, 0.5) is 13.2 Å². The Hall–Kier alpha value is -2.29. The van der Waals surface area contributed by atoms with E-state index in [1.54, 1.807) is 42.3 Å². The third kappa shape index (κ3) is 5.70. The zero-order valence-corrected chi connectivity index (χ0v) is 17.6. The number of alkyl halides is 3. The highest BCUT2D eigenvalue weighted by atomic mass is 19.4. The summed E-state index contributed by atoms with van der Waals surface area (Å²) < 4.78 is 53.8. The van der Waals surface area contributed by atoms with Crippen LogP contribution in [0.3, 0.4) is 0 Å². The monoisotopic (exact) mass is 442 g/mol. The Kier molecular flexibility index (Phi) is 7.13. The first-order valence-electron chi connectivity index (χ1n) is 10.5. The fourth-order valence-electron chi connectivity index (χ4n) is 4.53. The van der Waals surface area contributed by atoms with Gasteiger partial charge in [-0.05, 0) is 37.3 Å². The van der Waals surface area contributed by atoms with Gasteiger partial charge in [-0.1, -0.05) is 25.2 Å². The molecule has 2 aliphatic carbocycles. The summed E-state index contributed by atoms with van der Waals surface area (Å²) in [5.74, 6) is -3.21. The van der Waals surface area contributed by atoms with Crippen molar-refractivity contribution >= 4 is 11.8 Å². The van der Waals surface area contributed by atoms with Gasteiger partial charge in [-0.15, -0.1) is 0 Å². The minimum Gasteiger partial charge on any atom is -0.481 e. The standard InChI is InChI=1S/C22H29F3N2O4/c1-13-16(31-19-8-4-7-18(26)27(19)2)9-10-17(21(13)22(23,24)25)30-15-6-3-5-14(11-15)12-20(28)29/h3-4,6-7,9,13-15,17,19,21,26H,5,8,10-12H2,1-2H3,(H,28,29). The molecule has 6 nitrogen and oxygen atoms in total. The number of nitrogens with zero attached hydrogens (tertiary/aromatic N) is 1. The fraction of sp³-hybridized carbons (Fsp3) is 0.636. The Labute approximate surface area is 179 Å². The minimum atomic E-state index is -4.48. The van der Waals surface area contributed by atoms with E-state index in [0.29, 0.717) is 19.3 Å². The number of amidine groups is 1. The van der Waals surface area contributed by atoms with Crippen LogP contribution in [0.1, 0.15) is 39.0 Å². The van der Waals surface area contributed by atoms with Gasteiger partial charge in [0.2, 0.25) is 0 Å². The maximum Gasteiger partial charge on any atom is 0.394 e. The highest BCUT2D eigenvalue weighted by Crippen LogP contribution is 2.44. The van der Waals surface area contributed by atoms with Crippen molar-refractivity contribution in [2.24, 2.45) is 17.8 Å². The molecule has 0 aromatic carbocycles. The van der Waals surface area contributed by atoms with Crippen LogP contribution in [0.2, 0.25) is 0 Å². The summed E-state index contributed by atoms with van der Waals surface area (Å²) in [5.41, 5.74) is 0. The summed E-state index contributed by atoms with van der Waals surface area (Å²) in [7, 11) is 1.68. The van der Waals surface area contributed by atoms with Gasteiger partial charge in [-0.25, -0.2) is 0 Å². The van der Waals surface area contributed by atoms with E-state index in [0.717, 1.165) is 0 Å². The van der Waals surface area contributed by atoms with Gasteiger partial charge in [0.15, 0.2) is 6.23 Å². The van der Waals surface area contributed by atoms with Crippen LogP contribution in [-0.2, 0) is 14.3 Å². The molecule has 0 saturated carbocycles. The van der Waals surface area contributed by atoms with Crippen molar-refractivity contribution in [2.45, 2.75) is 63.6 Å². The van der Waals surface area contributed by atoms with Crippen LogP contribution in [0, 0.1) is 23.2 Å². The zero-order chi connectivity index (χ0) is 22.8. The van der Waals surface area contributed by atoms with Gasteiger partial charge >= 0.3 is 12.1 Å². The van der Waals surface area contributed by atoms with Gasteiger partial charge in [-0.2, -0.15) is 13.2 Å². The van der Waals surface area contributed by atoms with Gasteiger partial charge in [0.1, 0.15) is 5.84 Å². The molecule has 0 aromatic heterocycles. The quantitative estimate of drug-likeness (QED) is 0.592. The molecule has 0 saturated heterocycles. The number of aliphatic carboxylic acids is 1. The lowest BCUT2D eigenvalue weighted by atomic mass is 9.80. The number of ether oxygens (including phenoxy) is 2. The Morgan fingerprint density at radius 2 is 2.03 bits per heavy atom. The van der Waals surface area contributed by atoms with Crippen LogP contribution in [0.15, 0.2) is 36.1 Å². The number of hydrogen-bond donors (Lipinski definition) is 2. The Bertz CT molecular complexity index is 777. The van der Waals surface area contributed by atoms with E-state index in [-0.39, 0.29) is 30.4 Å². The Morgan fingerprint density at radius 1 is 1.29 bits per heavy atom. The average molecular weight is 442 g/mol. The summed E-state index contributed by atoms with van der Waals surface area (Å²) in [6, 6.07) is 0. The molecule has 0 fully saturated rings. The predicted molar refractivity (Wildman–Crippen MR) is 108 cm³/mol. The molecule has 0 aromatic rings. The topological polar surface area (TPSA) is 82.8 Å². The van der Waals surface area contributed by atoms with Crippen molar-refractivity contribution in [3.05, 3.63) is 36.1 Å². The molecule has 172 valence electrons. The van der Waals surface area contributed by atoms with Crippen LogP contribution in [0.5, 0.6) is 0 Å². The van der Waals surface area contributed by atoms with E-state index in [2.05, 4.69) is 0 Å². The number of rotatable bonds is 6. The van der Waals surface area contributed by atoms with Crippen LogP contribution >= 0.6 is 0 Å². The van der Waals surface area contributed by atoms with Gasteiger partial charge in [-0.3, -0.25) is 10.2 Å². The number of likely N-dealkylation sites (N-methyl/N-ethyl adjacent to an activating group) is 1. The highest BCUT2D eigenvalue weighted by Gasteiger charge is 2.52. The number of carbonyl (C=O) groups is 1. The summed E-state index contributed by atoms with van der Waals surface area (Å²) >= 11 is 0. The molecule has 6 atom stereocenters. The van der Waals surface area contributed by atoms with Gasteiger partial charge < -0.3 is 19.5 Å². The number of carboxylic acid groups (broad SMARTS) is 1. The zero-order valence-electron chi connectivity index (χ0n) is 17.6. The smallest absolute Gasteiger partial charge is 0.394 e. The third-order valence-electron chi connectivity index (χ3n) is 6.21. The molecule has 2 N–H and O–H groups in total. The molecular formula is C22H29F3N2O4. The number of halogens is 3. The van der Waals surface area contributed by atoms with E-state index < -0.39 is 42.4 Å². The van der Waals surface area contributed by atoms with E-state index in [1.165, 1.54) is 6.92 Å². The third-order valence-corrected chi connectivity index (χ3v) is 6.21. The summed E-state index contributed by atoms with van der Waals surface area (Å²) in [5, 5.41) is 16.9. The Balaban J connectivity index is 1.72. The van der Waals surface area contributed by atoms with Crippen molar-refractivity contribution in [3.8, 4) is 0 Å². The van der Waals surface area contributed by atoms with Gasteiger partial charge in [0, 0.05) is 25.8 Å². The van der Waals surface area contributed by atoms with Crippen LogP contribution in [-0.4, -0.2) is 53.5 Å². The number of allylic oxidation sites excluding steroid dienone is 2. The molecular weight excluding hydrogens is 413 g/mol. The predicted octanol–water partition coefficient (Wildman–Crippen LogP) is 4.49. The van der Waals surface area contributed by atoms with Crippen LogP contribution in [0.25, 0.3) is 0 Å². The van der Waals surface area contributed by atoms with Crippen molar-refractivity contribution in [1.29, 1.82) is 5.41 Å². The maximum absolute atomic E-state index is 14.0. The maximum atomic E-state index is 14.0. The lowest BCUT2D eigenvalue weighted by Crippen LogP contribution is -2.46. The first-order valence-corrected chi connectivity index (χ1v) is 10.5. The number of carboxylic acids is 1. The van der Waals surface area contributed by atoms with Crippen LogP contribution < -0.4 is 0 Å². The molecule has 3 rings (SSSR count). The lowest BCUT2D eigenvalue weighted by Gasteiger charge is -2.41. The molecule has 6 unspecified atom stereocenters. The first kappa shape index (κ1) is 23.4. The van der Waals surface area contributed by atoms with Crippen molar-refractivity contribution in [2.75, 3.05) is 7.05 Å². The second-order valence-corrected chi connectivity index (χ2v) is 8.48. The Morgan fingerprint density at radius 3 is 2.71 bits per heavy atom. The van der Waals surface area contributed by atoms with Gasteiger partial charge in [0.05, 0.1) is 23.9 Å². The molecule has 0 radical (unpaired) electrons. The molecule has 9 heteroatoms. The summed E-state index contributed by atoms with van der Waals surface area (Å²) in [6.07, 6.45) is 3.51. The molecule has 1 heterocycles. The molecule has 31 heavy (non-hydrogen) atoms. The molecule has 0 spiro atoms. The molecule has 0 amide bonds. The second-order valence-electron chi connectivity index (χ2n) is 8.48. The van der Waals surface area contributed by atoms with E-state index in [1.807, 2.05) is 0 Å². The normalized spacial score (nSPS) is 33.9. The molecule has 0 bridgehead atoms. The first-order chi connectivity index (χ1) is 14.6. The second kappa shape index (κ2) is 9.46. The molecule has 1 aliphatic heterocycles. The number of hydrogen-bond acceptors (Lipinski definition) is 4. The fourth-order valence-corrected chi connectivity index (χ4v) is 4.53. The summed E-state index contributed by atoms with van der Waals surface area (Å²) in [4.78, 5) is 12.6. The molecule has 3 aliphatic rings. The van der Waals surface area contributed by atoms with Crippen molar-refractivity contribution < 1.29 is 32.5 Å². The van der Waals surface area contributed by atoms with Crippen molar-refractivity contribution in [3.63, 3.8) is 0 Å².